The largest absolute Gasteiger partial charge is 0.327 e. The summed E-state index contributed by atoms with van der Waals surface area (Å²) in [7, 11) is 0. The molecule has 0 radical (unpaired) electrons. The Morgan fingerprint density at radius 3 is 2.28 bits per heavy atom. The van der Waals surface area contributed by atoms with Crippen LogP contribution < -0.4 is 5.73 Å². The van der Waals surface area contributed by atoms with Crippen LogP contribution in [-0.4, -0.2) is 6.04 Å². The summed E-state index contributed by atoms with van der Waals surface area (Å²) < 4.78 is 1.26. The third-order valence-electron chi connectivity index (χ3n) is 4.66. The minimum atomic E-state index is 0.253. The van der Waals surface area contributed by atoms with E-state index in [1.165, 1.54) is 41.3 Å². The highest BCUT2D eigenvalue weighted by Crippen LogP contribution is 2.51. The van der Waals surface area contributed by atoms with Gasteiger partial charge in [0, 0.05) is 15.9 Å². The molecule has 0 aromatic heterocycles. The molecule has 0 heterocycles. The SMILES string of the molecule is CCC(CC)c1ccc(C2(C(C)N)CC2)cc1Br. The van der Waals surface area contributed by atoms with Crippen molar-refractivity contribution in [2.75, 3.05) is 0 Å². The van der Waals surface area contributed by atoms with Crippen LogP contribution >= 0.6 is 15.9 Å². The summed E-state index contributed by atoms with van der Waals surface area (Å²) in [5, 5.41) is 0. The van der Waals surface area contributed by atoms with Gasteiger partial charge in [-0.25, -0.2) is 0 Å². The van der Waals surface area contributed by atoms with E-state index in [-0.39, 0.29) is 11.5 Å². The minimum Gasteiger partial charge on any atom is -0.327 e. The zero-order valence-electron chi connectivity index (χ0n) is 11.7. The summed E-state index contributed by atoms with van der Waals surface area (Å²) in [5.74, 6) is 0.666. The molecule has 2 rings (SSSR count). The van der Waals surface area contributed by atoms with E-state index in [2.05, 4.69) is 54.9 Å². The first kappa shape index (κ1) is 14.1. The Bertz CT molecular complexity index is 417. The number of hydrogen-bond acceptors (Lipinski definition) is 1. The molecule has 1 fully saturated rings. The smallest absolute Gasteiger partial charge is 0.0213 e. The van der Waals surface area contributed by atoms with Crippen molar-refractivity contribution in [3.05, 3.63) is 33.8 Å². The molecule has 1 aromatic rings. The molecule has 1 unspecified atom stereocenters. The van der Waals surface area contributed by atoms with Gasteiger partial charge in [0.05, 0.1) is 0 Å². The summed E-state index contributed by atoms with van der Waals surface area (Å²) in [6.45, 7) is 6.66. The summed E-state index contributed by atoms with van der Waals surface area (Å²) in [6.07, 6.45) is 4.88. The highest BCUT2D eigenvalue weighted by molar-refractivity contribution is 9.10. The molecule has 1 aliphatic rings. The molecule has 0 amide bonds. The van der Waals surface area contributed by atoms with Crippen molar-refractivity contribution < 1.29 is 0 Å². The van der Waals surface area contributed by atoms with Crippen LogP contribution in [0.2, 0.25) is 0 Å². The van der Waals surface area contributed by atoms with Crippen molar-refractivity contribution in [2.45, 2.75) is 63.8 Å². The van der Waals surface area contributed by atoms with E-state index in [1.807, 2.05) is 0 Å². The summed E-state index contributed by atoms with van der Waals surface area (Å²) in [6, 6.07) is 7.17. The van der Waals surface area contributed by atoms with Gasteiger partial charge in [0.25, 0.3) is 0 Å². The van der Waals surface area contributed by atoms with Gasteiger partial charge in [-0.2, -0.15) is 0 Å². The highest BCUT2D eigenvalue weighted by atomic mass is 79.9. The van der Waals surface area contributed by atoms with Crippen molar-refractivity contribution in [3.63, 3.8) is 0 Å². The van der Waals surface area contributed by atoms with Gasteiger partial charge in [-0.15, -0.1) is 0 Å². The number of nitrogens with two attached hydrogens (primary N) is 1. The topological polar surface area (TPSA) is 26.0 Å². The van der Waals surface area contributed by atoms with Gasteiger partial charge in [-0.3, -0.25) is 0 Å². The zero-order chi connectivity index (χ0) is 13.3. The highest BCUT2D eigenvalue weighted by Gasteiger charge is 2.47. The molecule has 1 aliphatic carbocycles. The fraction of sp³-hybridized carbons (Fsp3) is 0.625. The second-order valence-corrected chi connectivity index (χ2v) is 6.55. The first-order chi connectivity index (χ1) is 8.55. The van der Waals surface area contributed by atoms with Crippen LogP contribution in [-0.2, 0) is 5.41 Å². The monoisotopic (exact) mass is 309 g/mol. The predicted molar refractivity (Wildman–Crippen MR) is 82.0 cm³/mol. The predicted octanol–water partition coefficient (Wildman–Crippen LogP) is 4.73. The molecule has 1 nitrogen and oxygen atoms in total. The average molecular weight is 310 g/mol. The molecular formula is C16H24BrN. The molecule has 1 aromatic carbocycles. The Balaban J connectivity index is 2.31. The number of halogens is 1. The summed E-state index contributed by atoms with van der Waals surface area (Å²) in [4.78, 5) is 0. The minimum absolute atomic E-state index is 0.253. The molecule has 0 spiro atoms. The Morgan fingerprint density at radius 2 is 1.89 bits per heavy atom. The van der Waals surface area contributed by atoms with E-state index >= 15 is 0 Å². The number of benzene rings is 1. The molecule has 2 N–H and O–H groups in total. The van der Waals surface area contributed by atoms with Gasteiger partial charge in [0.15, 0.2) is 0 Å². The Morgan fingerprint density at radius 1 is 1.28 bits per heavy atom. The van der Waals surface area contributed by atoms with Crippen molar-refractivity contribution in [3.8, 4) is 0 Å². The average Bonchev–Trinajstić information content (AvgIpc) is 3.13. The molecule has 100 valence electrons. The molecule has 18 heavy (non-hydrogen) atoms. The molecular weight excluding hydrogens is 286 g/mol. The molecule has 0 aliphatic heterocycles. The van der Waals surface area contributed by atoms with E-state index in [0.717, 1.165) is 0 Å². The first-order valence-electron chi connectivity index (χ1n) is 7.10. The normalized spacial score (nSPS) is 19.0. The summed E-state index contributed by atoms with van der Waals surface area (Å²) >= 11 is 3.76. The number of hydrogen-bond donors (Lipinski definition) is 1. The molecule has 0 bridgehead atoms. The van der Waals surface area contributed by atoms with E-state index in [1.54, 1.807) is 0 Å². The van der Waals surface area contributed by atoms with Gasteiger partial charge < -0.3 is 5.73 Å². The van der Waals surface area contributed by atoms with Crippen LogP contribution in [0.15, 0.2) is 22.7 Å². The second-order valence-electron chi connectivity index (χ2n) is 5.69. The molecule has 1 saturated carbocycles. The Kier molecular flexibility index (Phi) is 4.18. The van der Waals surface area contributed by atoms with Crippen molar-refractivity contribution in [1.29, 1.82) is 0 Å². The van der Waals surface area contributed by atoms with Crippen LogP contribution in [0.4, 0.5) is 0 Å². The van der Waals surface area contributed by atoms with Gasteiger partial charge in [-0.05, 0) is 55.7 Å². The fourth-order valence-electron chi connectivity index (χ4n) is 3.04. The lowest BCUT2D eigenvalue weighted by Gasteiger charge is -2.22. The molecule has 1 atom stereocenters. The maximum Gasteiger partial charge on any atom is 0.0213 e. The Labute approximate surface area is 119 Å². The lowest BCUT2D eigenvalue weighted by atomic mass is 9.86. The van der Waals surface area contributed by atoms with Crippen LogP contribution in [0.5, 0.6) is 0 Å². The third-order valence-corrected chi connectivity index (χ3v) is 5.35. The second kappa shape index (κ2) is 5.34. The standard InChI is InChI=1S/C16H24BrN/c1-4-12(5-2)14-7-6-13(10-15(14)17)16(8-9-16)11(3)18/h6-7,10-12H,4-5,8-9,18H2,1-3H3. The molecule has 0 saturated heterocycles. The zero-order valence-corrected chi connectivity index (χ0v) is 13.3. The summed E-state index contributed by atoms with van der Waals surface area (Å²) in [5.41, 5.74) is 9.27. The van der Waals surface area contributed by atoms with Crippen LogP contribution in [0.1, 0.15) is 63.5 Å². The van der Waals surface area contributed by atoms with Gasteiger partial charge in [0.1, 0.15) is 0 Å². The lowest BCUT2D eigenvalue weighted by Crippen LogP contribution is -2.31. The maximum absolute atomic E-state index is 6.15. The maximum atomic E-state index is 6.15. The van der Waals surface area contributed by atoms with Crippen LogP contribution in [0.3, 0.4) is 0 Å². The van der Waals surface area contributed by atoms with E-state index < -0.39 is 0 Å². The van der Waals surface area contributed by atoms with E-state index in [4.69, 9.17) is 5.73 Å². The Hall–Kier alpha value is -0.340. The van der Waals surface area contributed by atoms with Crippen molar-refractivity contribution >= 4 is 15.9 Å². The van der Waals surface area contributed by atoms with Gasteiger partial charge in [-0.1, -0.05) is 41.9 Å². The van der Waals surface area contributed by atoms with Crippen LogP contribution in [0.25, 0.3) is 0 Å². The fourth-order valence-corrected chi connectivity index (χ4v) is 3.74. The lowest BCUT2D eigenvalue weighted by molar-refractivity contribution is 0.555. The van der Waals surface area contributed by atoms with E-state index in [0.29, 0.717) is 5.92 Å². The quantitative estimate of drug-likeness (QED) is 0.836. The van der Waals surface area contributed by atoms with Gasteiger partial charge >= 0.3 is 0 Å². The number of rotatable bonds is 5. The van der Waals surface area contributed by atoms with Crippen molar-refractivity contribution in [2.24, 2.45) is 5.73 Å². The van der Waals surface area contributed by atoms with Gasteiger partial charge in [0.2, 0.25) is 0 Å². The van der Waals surface area contributed by atoms with E-state index in [9.17, 15) is 0 Å². The first-order valence-corrected chi connectivity index (χ1v) is 7.90. The molecule has 2 heteroatoms. The van der Waals surface area contributed by atoms with Crippen LogP contribution in [0, 0.1) is 0 Å². The third kappa shape index (κ3) is 2.37. The van der Waals surface area contributed by atoms with Crippen molar-refractivity contribution in [1.82, 2.24) is 0 Å².